The smallest absolute Gasteiger partial charge is 0.245 e. The maximum Gasteiger partial charge on any atom is 0.245 e. The third-order valence-electron chi connectivity index (χ3n) is 2.66. The van der Waals surface area contributed by atoms with Crippen molar-refractivity contribution in [1.29, 1.82) is 0 Å². The fourth-order valence-electron chi connectivity index (χ4n) is 1.59. The highest BCUT2D eigenvalue weighted by molar-refractivity contribution is 6.32. The van der Waals surface area contributed by atoms with Crippen LogP contribution in [0, 0.1) is 5.92 Å². The quantitative estimate of drug-likeness (QED) is 0.892. The molecular formula is C9H12Cl2N4. The van der Waals surface area contributed by atoms with E-state index < -0.39 is 0 Å². The summed E-state index contributed by atoms with van der Waals surface area (Å²) in [6.07, 6.45) is 2.48. The van der Waals surface area contributed by atoms with Crippen molar-refractivity contribution in [2.45, 2.75) is 32.2 Å². The Morgan fingerprint density at radius 3 is 2.53 bits per heavy atom. The predicted octanol–water partition coefficient (Wildman–Crippen LogP) is 2.78. The van der Waals surface area contributed by atoms with Crippen LogP contribution in [-0.4, -0.2) is 20.7 Å². The van der Waals surface area contributed by atoms with Crippen LogP contribution in [0.2, 0.25) is 10.4 Å². The molecule has 1 aliphatic carbocycles. The second-order valence-electron chi connectivity index (χ2n) is 4.34. The van der Waals surface area contributed by atoms with Gasteiger partial charge in [-0.25, -0.2) is 0 Å². The Morgan fingerprint density at radius 2 is 1.93 bits per heavy atom. The highest BCUT2D eigenvalue weighted by atomic mass is 35.5. The van der Waals surface area contributed by atoms with Crippen molar-refractivity contribution in [3.05, 3.63) is 10.4 Å². The summed E-state index contributed by atoms with van der Waals surface area (Å²) in [4.78, 5) is 4.02. The average Bonchev–Trinajstić information content (AvgIpc) is 2.93. The lowest BCUT2D eigenvalue weighted by Crippen LogP contribution is -2.34. The second-order valence-corrected chi connectivity index (χ2v) is 5.04. The predicted molar refractivity (Wildman–Crippen MR) is 60.3 cm³/mol. The minimum Gasteiger partial charge on any atom is -0.362 e. The Labute approximate surface area is 98.4 Å². The Hall–Kier alpha value is -0.610. The molecule has 0 amide bonds. The van der Waals surface area contributed by atoms with Gasteiger partial charge in [0.05, 0.1) is 0 Å². The fraction of sp³-hybridized carbons (Fsp3) is 0.667. The van der Waals surface area contributed by atoms with E-state index in [0.717, 1.165) is 0 Å². The van der Waals surface area contributed by atoms with Crippen LogP contribution in [0.25, 0.3) is 0 Å². The van der Waals surface area contributed by atoms with E-state index in [4.69, 9.17) is 23.2 Å². The highest BCUT2D eigenvalue weighted by Crippen LogP contribution is 2.41. The molecule has 1 N–H and O–H groups in total. The van der Waals surface area contributed by atoms with Crippen LogP contribution in [0.4, 0.5) is 5.82 Å². The average molecular weight is 247 g/mol. The molecule has 0 unspecified atom stereocenters. The molecule has 0 saturated heterocycles. The normalized spacial score (nSPS) is 16.5. The highest BCUT2D eigenvalue weighted by Gasteiger charge is 2.38. The van der Waals surface area contributed by atoms with Crippen molar-refractivity contribution < 1.29 is 0 Å². The van der Waals surface area contributed by atoms with E-state index in [-0.39, 0.29) is 16.0 Å². The molecule has 0 aromatic carbocycles. The van der Waals surface area contributed by atoms with E-state index in [0.29, 0.717) is 11.7 Å². The summed E-state index contributed by atoms with van der Waals surface area (Å²) >= 11 is 11.5. The number of hydrogen-bond donors (Lipinski definition) is 1. The second kappa shape index (κ2) is 3.76. The van der Waals surface area contributed by atoms with Gasteiger partial charge in [0.2, 0.25) is 5.28 Å². The Kier molecular flexibility index (Phi) is 2.73. The van der Waals surface area contributed by atoms with E-state index in [2.05, 4.69) is 34.3 Å². The topological polar surface area (TPSA) is 50.7 Å². The maximum absolute atomic E-state index is 5.87. The van der Waals surface area contributed by atoms with Gasteiger partial charge in [-0.3, -0.25) is 0 Å². The molecular weight excluding hydrogens is 235 g/mol. The van der Waals surface area contributed by atoms with Gasteiger partial charge in [0.1, 0.15) is 0 Å². The van der Waals surface area contributed by atoms with Crippen molar-refractivity contribution >= 4 is 29.0 Å². The molecule has 1 aliphatic rings. The molecule has 1 fully saturated rings. The fourth-order valence-corrected chi connectivity index (χ4v) is 1.83. The summed E-state index contributed by atoms with van der Waals surface area (Å²) in [5.41, 5.74) is -0.0248. The number of nitrogens with zero attached hydrogens (tertiary/aromatic N) is 3. The van der Waals surface area contributed by atoms with Crippen molar-refractivity contribution in [2.75, 3.05) is 5.32 Å². The number of aromatic nitrogens is 3. The number of rotatable bonds is 3. The zero-order valence-electron chi connectivity index (χ0n) is 8.59. The summed E-state index contributed by atoms with van der Waals surface area (Å²) in [6.45, 7) is 4.24. The summed E-state index contributed by atoms with van der Waals surface area (Å²) < 4.78 is 0. The van der Waals surface area contributed by atoms with Crippen LogP contribution >= 0.6 is 23.2 Å². The molecule has 1 aromatic rings. The van der Waals surface area contributed by atoms with Gasteiger partial charge in [-0.15, -0.1) is 10.2 Å². The Bertz CT molecular complexity index is 376. The molecule has 2 rings (SSSR count). The van der Waals surface area contributed by atoms with E-state index in [1.165, 1.54) is 12.8 Å². The van der Waals surface area contributed by atoms with Gasteiger partial charge in [0, 0.05) is 5.54 Å². The number of anilines is 1. The van der Waals surface area contributed by atoms with Crippen LogP contribution in [0.1, 0.15) is 26.7 Å². The maximum atomic E-state index is 5.87. The minimum absolute atomic E-state index is 0.0248. The van der Waals surface area contributed by atoms with Crippen LogP contribution in [-0.2, 0) is 0 Å². The lowest BCUT2D eigenvalue weighted by molar-refractivity contribution is 0.492. The molecule has 0 atom stereocenters. The van der Waals surface area contributed by atoms with Crippen LogP contribution < -0.4 is 5.32 Å². The molecule has 1 saturated carbocycles. The lowest BCUT2D eigenvalue weighted by atomic mass is 9.99. The number of hydrogen-bond acceptors (Lipinski definition) is 4. The monoisotopic (exact) mass is 246 g/mol. The molecule has 1 aromatic heterocycles. The zero-order valence-corrected chi connectivity index (χ0v) is 10.1. The lowest BCUT2D eigenvalue weighted by Gasteiger charge is -2.26. The first kappa shape index (κ1) is 10.9. The summed E-state index contributed by atoms with van der Waals surface area (Å²) in [6, 6.07) is 0. The molecule has 15 heavy (non-hydrogen) atoms. The van der Waals surface area contributed by atoms with Crippen LogP contribution in [0.3, 0.4) is 0 Å². The molecule has 1 heterocycles. The Balaban J connectivity index is 2.19. The van der Waals surface area contributed by atoms with Gasteiger partial charge in [0.15, 0.2) is 11.0 Å². The number of halogens is 2. The molecule has 6 heteroatoms. The van der Waals surface area contributed by atoms with Crippen molar-refractivity contribution in [2.24, 2.45) is 5.92 Å². The third-order valence-corrected chi connectivity index (χ3v) is 3.07. The van der Waals surface area contributed by atoms with Gasteiger partial charge < -0.3 is 5.32 Å². The van der Waals surface area contributed by atoms with Gasteiger partial charge in [0.25, 0.3) is 0 Å². The van der Waals surface area contributed by atoms with Crippen molar-refractivity contribution in [3.8, 4) is 0 Å². The first-order valence-corrected chi connectivity index (χ1v) is 5.58. The molecule has 0 radical (unpaired) electrons. The minimum atomic E-state index is -0.0248. The summed E-state index contributed by atoms with van der Waals surface area (Å²) in [5.74, 6) is 1.18. The SMILES string of the molecule is CC(C)(Nc1nc(Cl)nnc1Cl)C1CC1. The van der Waals surface area contributed by atoms with Crippen LogP contribution in [0.15, 0.2) is 0 Å². The van der Waals surface area contributed by atoms with Crippen molar-refractivity contribution in [3.63, 3.8) is 0 Å². The van der Waals surface area contributed by atoms with E-state index in [1.54, 1.807) is 0 Å². The van der Waals surface area contributed by atoms with E-state index in [9.17, 15) is 0 Å². The largest absolute Gasteiger partial charge is 0.362 e. The molecule has 0 spiro atoms. The molecule has 82 valence electrons. The third kappa shape index (κ3) is 2.49. The first-order valence-electron chi connectivity index (χ1n) is 4.83. The summed E-state index contributed by atoms with van der Waals surface area (Å²) in [5, 5.41) is 10.9. The standard InChI is InChI=1S/C9H12Cl2N4/c1-9(2,5-3-4-5)13-7-6(10)14-15-8(11)12-7/h5H,3-4H2,1-2H3,(H,12,13,15). The van der Waals surface area contributed by atoms with E-state index >= 15 is 0 Å². The van der Waals surface area contributed by atoms with Gasteiger partial charge in [-0.1, -0.05) is 11.6 Å². The first-order chi connectivity index (χ1) is 6.99. The molecule has 0 aliphatic heterocycles. The summed E-state index contributed by atoms with van der Waals surface area (Å²) in [7, 11) is 0. The van der Waals surface area contributed by atoms with Crippen LogP contribution in [0.5, 0.6) is 0 Å². The van der Waals surface area contributed by atoms with Gasteiger partial charge in [-0.05, 0) is 44.2 Å². The molecule has 4 nitrogen and oxygen atoms in total. The Morgan fingerprint density at radius 1 is 1.27 bits per heavy atom. The van der Waals surface area contributed by atoms with Crippen molar-refractivity contribution in [1.82, 2.24) is 15.2 Å². The van der Waals surface area contributed by atoms with Gasteiger partial charge in [-0.2, -0.15) is 4.98 Å². The number of nitrogens with one attached hydrogen (secondary N) is 1. The van der Waals surface area contributed by atoms with E-state index in [1.807, 2.05) is 0 Å². The zero-order chi connectivity index (χ0) is 11.1. The molecule has 0 bridgehead atoms. The van der Waals surface area contributed by atoms with Gasteiger partial charge >= 0.3 is 0 Å².